The molecule has 1 aromatic rings. The first-order chi connectivity index (χ1) is 6.58. The number of rotatable bonds is 5. The van der Waals surface area contributed by atoms with E-state index in [4.69, 9.17) is 5.11 Å². The van der Waals surface area contributed by atoms with Gasteiger partial charge in [-0.15, -0.1) is 0 Å². The first kappa shape index (κ1) is 10.4. The standard InChI is InChI=1S/C7H9F2N3O2/c8-6(9)4-12-3-5(1-11-12)10-2-7(13)14/h1,3,6,10H,2,4H2,(H,13,14). The van der Waals surface area contributed by atoms with Crippen LogP contribution in [0.1, 0.15) is 0 Å². The third-order valence-electron chi connectivity index (χ3n) is 1.40. The molecule has 0 radical (unpaired) electrons. The van der Waals surface area contributed by atoms with Gasteiger partial charge in [0.15, 0.2) is 0 Å². The van der Waals surface area contributed by atoms with Crippen molar-refractivity contribution in [1.29, 1.82) is 0 Å². The van der Waals surface area contributed by atoms with Crippen LogP contribution >= 0.6 is 0 Å². The van der Waals surface area contributed by atoms with Crippen molar-refractivity contribution in [2.75, 3.05) is 11.9 Å². The van der Waals surface area contributed by atoms with Crippen molar-refractivity contribution in [3.05, 3.63) is 12.4 Å². The Bertz CT molecular complexity index is 314. The number of carboxylic acid groups (broad SMARTS) is 1. The van der Waals surface area contributed by atoms with Crippen LogP contribution in [0.3, 0.4) is 0 Å². The minimum Gasteiger partial charge on any atom is -0.480 e. The number of aromatic nitrogens is 2. The fraction of sp³-hybridized carbons (Fsp3) is 0.429. The number of aliphatic carboxylic acids is 1. The van der Waals surface area contributed by atoms with Gasteiger partial charge in [-0.1, -0.05) is 0 Å². The van der Waals surface area contributed by atoms with Crippen LogP contribution in [-0.4, -0.2) is 33.8 Å². The SMILES string of the molecule is O=C(O)CNc1cnn(CC(F)F)c1. The maximum atomic E-state index is 11.9. The number of alkyl halides is 2. The molecule has 0 amide bonds. The lowest BCUT2D eigenvalue weighted by Crippen LogP contribution is -2.12. The van der Waals surface area contributed by atoms with E-state index in [1.807, 2.05) is 0 Å². The maximum absolute atomic E-state index is 11.9. The quantitative estimate of drug-likeness (QED) is 0.740. The van der Waals surface area contributed by atoms with Crippen LogP contribution in [0.25, 0.3) is 0 Å². The van der Waals surface area contributed by atoms with Crippen molar-refractivity contribution in [2.24, 2.45) is 0 Å². The molecule has 0 saturated carbocycles. The van der Waals surface area contributed by atoms with Gasteiger partial charge in [-0.25, -0.2) is 8.78 Å². The van der Waals surface area contributed by atoms with Gasteiger partial charge in [0.05, 0.1) is 11.9 Å². The largest absolute Gasteiger partial charge is 0.480 e. The number of halogens is 2. The van der Waals surface area contributed by atoms with E-state index in [9.17, 15) is 13.6 Å². The van der Waals surface area contributed by atoms with Crippen molar-refractivity contribution in [2.45, 2.75) is 13.0 Å². The molecule has 1 heterocycles. The van der Waals surface area contributed by atoms with E-state index in [1.165, 1.54) is 12.4 Å². The number of nitrogens with one attached hydrogen (secondary N) is 1. The van der Waals surface area contributed by atoms with Crippen LogP contribution in [-0.2, 0) is 11.3 Å². The first-order valence-electron chi connectivity index (χ1n) is 3.84. The number of anilines is 1. The Morgan fingerprint density at radius 2 is 2.43 bits per heavy atom. The highest BCUT2D eigenvalue weighted by Crippen LogP contribution is 2.06. The molecule has 0 atom stereocenters. The number of carbonyl (C=O) groups is 1. The second-order valence-corrected chi connectivity index (χ2v) is 2.59. The molecule has 0 bridgehead atoms. The zero-order valence-corrected chi connectivity index (χ0v) is 7.15. The Hall–Kier alpha value is -1.66. The van der Waals surface area contributed by atoms with Crippen molar-refractivity contribution in [3.63, 3.8) is 0 Å². The molecule has 14 heavy (non-hydrogen) atoms. The minimum absolute atomic E-state index is 0.264. The molecule has 0 aromatic carbocycles. The van der Waals surface area contributed by atoms with Crippen LogP contribution < -0.4 is 5.32 Å². The van der Waals surface area contributed by atoms with E-state index < -0.39 is 18.9 Å². The lowest BCUT2D eigenvalue weighted by atomic mass is 10.5. The van der Waals surface area contributed by atoms with Gasteiger partial charge in [0, 0.05) is 6.20 Å². The summed E-state index contributed by atoms with van der Waals surface area (Å²) in [5.74, 6) is -1.02. The Morgan fingerprint density at radius 1 is 1.71 bits per heavy atom. The van der Waals surface area contributed by atoms with Crippen LogP contribution in [0.15, 0.2) is 12.4 Å². The summed E-state index contributed by atoms with van der Waals surface area (Å²) < 4.78 is 24.8. The van der Waals surface area contributed by atoms with Crippen molar-refractivity contribution in [3.8, 4) is 0 Å². The third-order valence-corrected chi connectivity index (χ3v) is 1.40. The molecule has 78 valence electrons. The number of nitrogens with zero attached hydrogens (tertiary/aromatic N) is 2. The smallest absolute Gasteiger partial charge is 0.322 e. The molecule has 0 aliphatic carbocycles. The molecule has 7 heteroatoms. The summed E-state index contributed by atoms with van der Waals surface area (Å²) in [5.41, 5.74) is 0.410. The lowest BCUT2D eigenvalue weighted by Gasteiger charge is -1.99. The van der Waals surface area contributed by atoms with E-state index in [0.29, 0.717) is 5.69 Å². The predicted octanol–water partition coefficient (Wildman–Crippen LogP) is 0.645. The molecular weight excluding hydrogens is 196 g/mol. The average molecular weight is 205 g/mol. The summed E-state index contributed by atoms with van der Waals surface area (Å²) in [6, 6.07) is 0. The molecule has 5 nitrogen and oxygen atoms in total. The third kappa shape index (κ3) is 3.38. The van der Waals surface area contributed by atoms with Gasteiger partial charge in [-0.05, 0) is 0 Å². The molecule has 0 saturated heterocycles. The Labute approximate surface area is 78.3 Å². The molecule has 0 fully saturated rings. The van der Waals surface area contributed by atoms with Gasteiger partial charge in [-0.2, -0.15) is 5.10 Å². The van der Waals surface area contributed by atoms with Crippen molar-refractivity contribution < 1.29 is 18.7 Å². The van der Waals surface area contributed by atoms with Crippen LogP contribution in [0.4, 0.5) is 14.5 Å². The van der Waals surface area contributed by atoms with E-state index >= 15 is 0 Å². The number of hydrogen-bond acceptors (Lipinski definition) is 3. The molecule has 0 unspecified atom stereocenters. The lowest BCUT2D eigenvalue weighted by molar-refractivity contribution is -0.134. The highest BCUT2D eigenvalue weighted by atomic mass is 19.3. The molecule has 1 rings (SSSR count). The first-order valence-corrected chi connectivity index (χ1v) is 3.84. The second kappa shape index (κ2) is 4.54. The molecule has 0 aliphatic heterocycles. The highest BCUT2D eigenvalue weighted by molar-refractivity contribution is 5.72. The van der Waals surface area contributed by atoms with Gasteiger partial charge in [0.25, 0.3) is 6.43 Å². The summed E-state index contributed by atoms with van der Waals surface area (Å²) in [5, 5.41) is 14.4. The summed E-state index contributed by atoms with van der Waals surface area (Å²) >= 11 is 0. The van der Waals surface area contributed by atoms with Crippen molar-refractivity contribution >= 4 is 11.7 Å². The minimum atomic E-state index is -2.47. The van der Waals surface area contributed by atoms with Gasteiger partial charge < -0.3 is 10.4 Å². The Morgan fingerprint density at radius 3 is 3.00 bits per heavy atom. The number of hydrogen-bond donors (Lipinski definition) is 2. The molecule has 2 N–H and O–H groups in total. The van der Waals surface area contributed by atoms with Crippen LogP contribution in [0.5, 0.6) is 0 Å². The van der Waals surface area contributed by atoms with E-state index in [-0.39, 0.29) is 6.54 Å². The van der Waals surface area contributed by atoms with Crippen LogP contribution in [0.2, 0.25) is 0 Å². The normalized spacial score (nSPS) is 10.5. The van der Waals surface area contributed by atoms with Gasteiger partial charge in [-0.3, -0.25) is 9.48 Å². The van der Waals surface area contributed by atoms with E-state index in [1.54, 1.807) is 0 Å². The molecule has 0 spiro atoms. The Balaban J connectivity index is 2.46. The topological polar surface area (TPSA) is 67.2 Å². The monoisotopic (exact) mass is 205 g/mol. The molecule has 1 aromatic heterocycles. The fourth-order valence-electron chi connectivity index (χ4n) is 0.874. The molecule has 0 aliphatic rings. The zero-order chi connectivity index (χ0) is 10.6. The summed E-state index contributed by atoms with van der Waals surface area (Å²) in [6.45, 7) is -0.755. The fourth-order valence-corrected chi connectivity index (χ4v) is 0.874. The summed E-state index contributed by atoms with van der Waals surface area (Å²) in [6.07, 6.45) is 0.155. The summed E-state index contributed by atoms with van der Waals surface area (Å²) in [7, 11) is 0. The van der Waals surface area contributed by atoms with Crippen molar-refractivity contribution in [1.82, 2.24) is 9.78 Å². The zero-order valence-electron chi connectivity index (χ0n) is 7.15. The average Bonchev–Trinajstić information content (AvgIpc) is 2.47. The predicted molar refractivity (Wildman–Crippen MR) is 44.4 cm³/mol. The Kier molecular flexibility index (Phi) is 3.38. The van der Waals surface area contributed by atoms with E-state index in [0.717, 1.165) is 4.68 Å². The van der Waals surface area contributed by atoms with E-state index in [2.05, 4.69) is 10.4 Å². The summed E-state index contributed by atoms with van der Waals surface area (Å²) in [4.78, 5) is 10.1. The number of carboxylic acids is 1. The van der Waals surface area contributed by atoms with Crippen LogP contribution in [0, 0.1) is 0 Å². The van der Waals surface area contributed by atoms with Gasteiger partial charge >= 0.3 is 5.97 Å². The molecular formula is C7H9F2N3O2. The highest BCUT2D eigenvalue weighted by Gasteiger charge is 2.05. The second-order valence-electron chi connectivity index (χ2n) is 2.59. The van der Waals surface area contributed by atoms with Gasteiger partial charge in [0.2, 0.25) is 0 Å². The van der Waals surface area contributed by atoms with Gasteiger partial charge in [0.1, 0.15) is 13.1 Å². The maximum Gasteiger partial charge on any atom is 0.322 e.